The number of carbonyl (C=O) groups excluding carboxylic acids is 1. The second-order valence-corrected chi connectivity index (χ2v) is 6.95. The molecule has 2 aromatic rings. The minimum atomic E-state index is -0.610. The van der Waals surface area contributed by atoms with E-state index < -0.39 is 10.8 Å². The van der Waals surface area contributed by atoms with Gasteiger partial charge in [0.1, 0.15) is 10.6 Å². The van der Waals surface area contributed by atoms with Crippen LogP contribution in [0.1, 0.15) is 19.4 Å². The summed E-state index contributed by atoms with van der Waals surface area (Å²) in [4.78, 5) is 22.4. The number of nitro groups is 1. The molecule has 0 aromatic heterocycles. The summed E-state index contributed by atoms with van der Waals surface area (Å²) < 4.78 is 11.5. The Hall–Kier alpha value is -2.80. The molecule has 7 nitrogen and oxygen atoms in total. The second kappa shape index (κ2) is 6.84. The normalized spacial score (nSPS) is 14.3. The molecule has 1 heterocycles. The van der Waals surface area contributed by atoms with Gasteiger partial charge in [-0.1, -0.05) is 23.7 Å². The highest BCUT2D eigenvalue weighted by Crippen LogP contribution is 2.41. The Labute approximate surface area is 155 Å². The van der Waals surface area contributed by atoms with Gasteiger partial charge in [-0.25, -0.2) is 0 Å². The van der Waals surface area contributed by atoms with Crippen molar-refractivity contribution in [3.8, 4) is 11.5 Å². The van der Waals surface area contributed by atoms with Gasteiger partial charge in [-0.15, -0.1) is 0 Å². The van der Waals surface area contributed by atoms with Crippen LogP contribution >= 0.6 is 11.6 Å². The van der Waals surface area contributed by atoms with Gasteiger partial charge < -0.3 is 14.8 Å². The SMILES string of the molecule is CC1(C)Cc2cccc(OCC(=O)Nc3ccc(Cl)c([N+](=O)[O-])c3)c2O1. The molecule has 0 radical (unpaired) electrons. The number of fused-ring (bicyclic) bond motifs is 1. The minimum absolute atomic E-state index is 0.00357. The fourth-order valence-electron chi connectivity index (χ4n) is 2.77. The summed E-state index contributed by atoms with van der Waals surface area (Å²) in [6.45, 7) is 3.71. The molecule has 8 heteroatoms. The number of rotatable bonds is 5. The smallest absolute Gasteiger partial charge is 0.289 e. The van der Waals surface area contributed by atoms with Crippen LogP contribution in [0.3, 0.4) is 0 Å². The van der Waals surface area contributed by atoms with Crippen LogP contribution in [0.15, 0.2) is 36.4 Å². The monoisotopic (exact) mass is 376 g/mol. The molecule has 0 aliphatic carbocycles. The van der Waals surface area contributed by atoms with Crippen LogP contribution < -0.4 is 14.8 Å². The van der Waals surface area contributed by atoms with Gasteiger partial charge in [0.15, 0.2) is 18.1 Å². The van der Waals surface area contributed by atoms with Gasteiger partial charge in [0, 0.05) is 23.7 Å². The number of anilines is 1. The molecule has 0 saturated heterocycles. The third-order valence-corrected chi connectivity index (χ3v) is 4.16. The van der Waals surface area contributed by atoms with Crippen molar-refractivity contribution in [2.24, 2.45) is 0 Å². The quantitative estimate of drug-likeness (QED) is 0.629. The lowest BCUT2D eigenvalue weighted by Gasteiger charge is -2.18. The second-order valence-electron chi connectivity index (χ2n) is 6.54. The fraction of sp³-hybridized carbons (Fsp3) is 0.278. The van der Waals surface area contributed by atoms with Gasteiger partial charge in [0.25, 0.3) is 11.6 Å². The van der Waals surface area contributed by atoms with Crippen molar-refractivity contribution < 1.29 is 19.2 Å². The molecule has 2 aromatic carbocycles. The number of hydrogen-bond donors (Lipinski definition) is 1. The Morgan fingerprint density at radius 2 is 2.15 bits per heavy atom. The van der Waals surface area contributed by atoms with Crippen molar-refractivity contribution in [3.05, 3.63) is 57.1 Å². The number of ether oxygens (including phenoxy) is 2. The van der Waals surface area contributed by atoms with E-state index >= 15 is 0 Å². The van der Waals surface area contributed by atoms with E-state index in [0.29, 0.717) is 11.5 Å². The lowest BCUT2D eigenvalue weighted by molar-refractivity contribution is -0.384. The molecule has 0 atom stereocenters. The molecule has 0 saturated carbocycles. The summed E-state index contributed by atoms with van der Waals surface area (Å²) in [5.41, 5.74) is 0.709. The molecule has 1 amide bonds. The number of amides is 1. The van der Waals surface area contributed by atoms with Crippen LogP contribution in [0.5, 0.6) is 11.5 Å². The van der Waals surface area contributed by atoms with E-state index in [1.165, 1.54) is 18.2 Å². The van der Waals surface area contributed by atoms with Crippen molar-refractivity contribution >= 4 is 28.9 Å². The molecular weight excluding hydrogens is 360 g/mol. The van der Waals surface area contributed by atoms with Gasteiger partial charge in [-0.05, 0) is 32.0 Å². The zero-order valence-electron chi connectivity index (χ0n) is 14.2. The number of halogens is 1. The van der Waals surface area contributed by atoms with Crippen molar-refractivity contribution in [2.45, 2.75) is 25.9 Å². The topological polar surface area (TPSA) is 90.7 Å². The number of nitro benzene ring substituents is 1. The standard InChI is InChI=1S/C18H17ClN2O5/c1-18(2)9-11-4-3-5-15(17(11)26-18)25-10-16(22)20-12-6-7-13(19)14(8-12)21(23)24/h3-8H,9-10H2,1-2H3,(H,20,22). The van der Waals surface area contributed by atoms with E-state index in [1.54, 1.807) is 6.07 Å². The molecule has 0 unspecified atom stereocenters. The lowest BCUT2D eigenvalue weighted by atomic mass is 10.0. The predicted octanol–water partition coefficient (Wildman–Crippen LogP) is 3.98. The van der Waals surface area contributed by atoms with Crippen LogP contribution in [-0.2, 0) is 11.2 Å². The first-order valence-corrected chi connectivity index (χ1v) is 8.30. The Balaban J connectivity index is 1.65. The number of carbonyl (C=O) groups is 1. The van der Waals surface area contributed by atoms with Crippen molar-refractivity contribution in [1.82, 2.24) is 0 Å². The Kier molecular flexibility index (Phi) is 4.73. The molecule has 0 spiro atoms. The molecular formula is C18H17ClN2O5. The van der Waals surface area contributed by atoms with Crippen molar-refractivity contribution in [3.63, 3.8) is 0 Å². The third kappa shape index (κ3) is 3.88. The van der Waals surface area contributed by atoms with E-state index in [9.17, 15) is 14.9 Å². The maximum absolute atomic E-state index is 12.1. The minimum Gasteiger partial charge on any atom is -0.483 e. The maximum atomic E-state index is 12.1. The van der Waals surface area contributed by atoms with Gasteiger partial charge in [0.2, 0.25) is 0 Å². The molecule has 3 rings (SSSR count). The summed E-state index contributed by atoms with van der Waals surface area (Å²) in [6, 6.07) is 9.59. The summed E-state index contributed by atoms with van der Waals surface area (Å²) in [5.74, 6) is 0.689. The first kappa shape index (κ1) is 18.0. The number of hydrogen-bond acceptors (Lipinski definition) is 5. The third-order valence-electron chi connectivity index (χ3n) is 3.84. The van der Waals surface area contributed by atoms with E-state index in [-0.39, 0.29) is 28.6 Å². The predicted molar refractivity (Wildman–Crippen MR) is 97.1 cm³/mol. The van der Waals surface area contributed by atoms with Crippen molar-refractivity contribution in [1.29, 1.82) is 0 Å². The highest BCUT2D eigenvalue weighted by atomic mass is 35.5. The maximum Gasteiger partial charge on any atom is 0.289 e. The van der Waals surface area contributed by atoms with Gasteiger partial charge in [0.05, 0.1) is 4.92 Å². The zero-order chi connectivity index (χ0) is 18.9. The van der Waals surface area contributed by atoms with Crippen LogP contribution in [-0.4, -0.2) is 23.0 Å². The van der Waals surface area contributed by atoms with E-state index in [2.05, 4.69) is 5.32 Å². The van der Waals surface area contributed by atoms with Crippen LogP contribution in [0.2, 0.25) is 5.02 Å². The van der Waals surface area contributed by atoms with E-state index in [0.717, 1.165) is 12.0 Å². The average molecular weight is 377 g/mol. The first-order chi connectivity index (χ1) is 12.2. The Morgan fingerprint density at radius 1 is 1.38 bits per heavy atom. The van der Waals surface area contributed by atoms with Crippen LogP contribution in [0.25, 0.3) is 0 Å². The van der Waals surface area contributed by atoms with Gasteiger partial charge in [-0.2, -0.15) is 0 Å². The molecule has 26 heavy (non-hydrogen) atoms. The summed E-state index contributed by atoms with van der Waals surface area (Å²) in [7, 11) is 0. The summed E-state index contributed by atoms with van der Waals surface area (Å²) in [5, 5.41) is 13.5. The molecule has 1 N–H and O–H groups in total. The largest absolute Gasteiger partial charge is 0.483 e. The highest BCUT2D eigenvalue weighted by molar-refractivity contribution is 6.32. The molecule has 1 aliphatic heterocycles. The summed E-state index contributed by atoms with van der Waals surface area (Å²) in [6.07, 6.45) is 0.764. The number of benzene rings is 2. The Bertz CT molecular complexity index is 882. The van der Waals surface area contributed by atoms with E-state index in [1.807, 2.05) is 26.0 Å². The van der Waals surface area contributed by atoms with Crippen molar-refractivity contribution in [2.75, 3.05) is 11.9 Å². The average Bonchev–Trinajstić information content (AvgIpc) is 2.88. The summed E-state index contributed by atoms with van der Waals surface area (Å²) >= 11 is 5.75. The molecule has 0 bridgehead atoms. The number of nitrogens with one attached hydrogen (secondary N) is 1. The Morgan fingerprint density at radius 3 is 2.88 bits per heavy atom. The van der Waals surface area contributed by atoms with Gasteiger partial charge in [-0.3, -0.25) is 14.9 Å². The molecule has 0 fully saturated rings. The number of para-hydroxylation sites is 1. The van der Waals surface area contributed by atoms with Crippen LogP contribution in [0, 0.1) is 10.1 Å². The highest BCUT2D eigenvalue weighted by Gasteiger charge is 2.32. The molecule has 1 aliphatic rings. The van der Waals surface area contributed by atoms with Gasteiger partial charge >= 0.3 is 0 Å². The van der Waals surface area contributed by atoms with E-state index in [4.69, 9.17) is 21.1 Å². The zero-order valence-corrected chi connectivity index (χ0v) is 15.0. The first-order valence-electron chi connectivity index (χ1n) is 7.93. The number of nitrogens with zero attached hydrogens (tertiary/aromatic N) is 1. The van der Waals surface area contributed by atoms with Crippen LogP contribution in [0.4, 0.5) is 11.4 Å². The lowest BCUT2D eigenvalue weighted by Crippen LogP contribution is -2.25. The molecule has 136 valence electrons. The fourth-order valence-corrected chi connectivity index (χ4v) is 2.96.